The first-order valence-corrected chi connectivity index (χ1v) is 8.54. The lowest BCUT2D eigenvalue weighted by Gasteiger charge is -2.31. The van der Waals surface area contributed by atoms with Gasteiger partial charge in [-0.05, 0) is 43.4 Å². The number of nitrogens with two attached hydrogens (primary N) is 1. The summed E-state index contributed by atoms with van der Waals surface area (Å²) >= 11 is 0. The molecule has 0 spiro atoms. The summed E-state index contributed by atoms with van der Waals surface area (Å²) in [4.78, 5) is 12.4. The minimum atomic E-state index is -0.817. The van der Waals surface area contributed by atoms with Crippen molar-refractivity contribution in [1.82, 2.24) is 0 Å². The van der Waals surface area contributed by atoms with Crippen LogP contribution in [0.3, 0.4) is 0 Å². The molecular formula is C18H27ClN2O3. The molecule has 6 heteroatoms. The van der Waals surface area contributed by atoms with Gasteiger partial charge in [0.25, 0.3) is 0 Å². The van der Waals surface area contributed by atoms with Crippen LogP contribution in [0, 0.1) is 0 Å². The molecule has 1 aromatic carbocycles. The third-order valence-corrected chi connectivity index (χ3v) is 4.84. The molecule has 1 aliphatic carbocycles. The van der Waals surface area contributed by atoms with E-state index < -0.39 is 5.54 Å². The fraction of sp³-hybridized carbons (Fsp3) is 0.611. The number of nitrogens with one attached hydrogen (secondary N) is 1. The van der Waals surface area contributed by atoms with Crippen LogP contribution < -0.4 is 11.1 Å². The van der Waals surface area contributed by atoms with Crippen molar-refractivity contribution in [2.75, 3.05) is 18.5 Å². The standard InChI is InChI=1S/C18H26N2O3.ClH/c19-18(9-11-22-12-10-18)17(21)20-15-7-5-14(6-8-15)13-23-16-3-1-2-4-16;/h5-8,16H,1-4,9-13,19H2,(H,20,21);1H. The van der Waals surface area contributed by atoms with Crippen molar-refractivity contribution in [2.45, 2.75) is 56.8 Å². The lowest BCUT2D eigenvalue weighted by atomic mass is 9.90. The van der Waals surface area contributed by atoms with Gasteiger partial charge in [-0.3, -0.25) is 4.79 Å². The molecule has 0 unspecified atom stereocenters. The van der Waals surface area contributed by atoms with Crippen LogP contribution in [-0.4, -0.2) is 30.8 Å². The summed E-state index contributed by atoms with van der Waals surface area (Å²) in [6.07, 6.45) is 6.45. The van der Waals surface area contributed by atoms with Gasteiger partial charge in [-0.15, -0.1) is 12.4 Å². The maximum absolute atomic E-state index is 12.4. The number of hydrogen-bond donors (Lipinski definition) is 2. The minimum absolute atomic E-state index is 0. The molecule has 1 saturated heterocycles. The van der Waals surface area contributed by atoms with E-state index in [1.807, 2.05) is 24.3 Å². The number of ether oxygens (including phenoxy) is 2. The molecule has 1 heterocycles. The molecule has 24 heavy (non-hydrogen) atoms. The molecule has 2 fully saturated rings. The number of carbonyl (C=O) groups is 1. The van der Waals surface area contributed by atoms with Crippen LogP contribution in [0.25, 0.3) is 0 Å². The summed E-state index contributed by atoms with van der Waals surface area (Å²) in [5.74, 6) is -0.129. The van der Waals surface area contributed by atoms with Crippen LogP contribution >= 0.6 is 12.4 Å². The second-order valence-corrected chi connectivity index (χ2v) is 6.64. The summed E-state index contributed by atoms with van der Waals surface area (Å²) in [7, 11) is 0. The molecule has 0 radical (unpaired) electrons. The SMILES string of the molecule is Cl.NC1(C(=O)Nc2ccc(COC3CCCC3)cc2)CCOCC1. The molecule has 0 atom stereocenters. The quantitative estimate of drug-likeness (QED) is 0.852. The molecule has 5 nitrogen and oxygen atoms in total. The summed E-state index contributed by atoms with van der Waals surface area (Å²) < 4.78 is 11.2. The van der Waals surface area contributed by atoms with Gasteiger partial charge in [0.05, 0.1) is 12.7 Å². The molecule has 1 amide bonds. The first-order chi connectivity index (χ1) is 11.2. The molecule has 1 saturated carbocycles. The smallest absolute Gasteiger partial charge is 0.244 e. The van der Waals surface area contributed by atoms with E-state index in [0.717, 1.165) is 11.3 Å². The summed E-state index contributed by atoms with van der Waals surface area (Å²) in [6, 6.07) is 7.82. The number of anilines is 1. The minimum Gasteiger partial charge on any atom is -0.381 e. The summed E-state index contributed by atoms with van der Waals surface area (Å²) in [5, 5.41) is 2.92. The van der Waals surface area contributed by atoms with E-state index in [2.05, 4.69) is 5.32 Å². The summed E-state index contributed by atoms with van der Waals surface area (Å²) in [6.45, 7) is 1.72. The third kappa shape index (κ3) is 4.93. The van der Waals surface area contributed by atoms with Crippen LogP contribution in [0.2, 0.25) is 0 Å². The van der Waals surface area contributed by atoms with Gasteiger partial charge < -0.3 is 20.5 Å². The van der Waals surface area contributed by atoms with Crippen LogP contribution in [-0.2, 0) is 20.9 Å². The number of amides is 1. The van der Waals surface area contributed by atoms with Crippen molar-refractivity contribution in [2.24, 2.45) is 5.73 Å². The Labute approximate surface area is 149 Å². The maximum Gasteiger partial charge on any atom is 0.244 e. The van der Waals surface area contributed by atoms with E-state index in [0.29, 0.717) is 38.8 Å². The highest BCUT2D eigenvalue weighted by atomic mass is 35.5. The molecule has 2 aliphatic rings. The Morgan fingerprint density at radius 3 is 2.46 bits per heavy atom. The number of rotatable bonds is 5. The van der Waals surface area contributed by atoms with Gasteiger partial charge in [-0.2, -0.15) is 0 Å². The van der Waals surface area contributed by atoms with Crippen LogP contribution in [0.5, 0.6) is 0 Å². The van der Waals surface area contributed by atoms with E-state index in [4.69, 9.17) is 15.2 Å². The number of carbonyl (C=O) groups excluding carboxylic acids is 1. The normalized spacial score (nSPS) is 20.4. The van der Waals surface area contributed by atoms with Gasteiger partial charge in [0.15, 0.2) is 0 Å². The Bertz CT molecular complexity index is 524. The Kier molecular flexibility index (Phi) is 7.04. The molecular weight excluding hydrogens is 328 g/mol. The average molecular weight is 355 g/mol. The van der Waals surface area contributed by atoms with Gasteiger partial charge in [0.1, 0.15) is 5.54 Å². The molecule has 3 N–H and O–H groups in total. The Balaban J connectivity index is 0.00000208. The fourth-order valence-corrected chi connectivity index (χ4v) is 3.17. The fourth-order valence-electron chi connectivity index (χ4n) is 3.17. The molecule has 0 aromatic heterocycles. The maximum atomic E-state index is 12.4. The number of hydrogen-bond acceptors (Lipinski definition) is 4. The van der Waals surface area contributed by atoms with E-state index >= 15 is 0 Å². The van der Waals surface area contributed by atoms with Crippen LogP contribution in [0.4, 0.5) is 5.69 Å². The lowest BCUT2D eigenvalue weighted by Crippen LogP contribution is -2.54. The monoisotopic (exact) mass is 354 g/mol. The number of benzene rings is 1. The summed E-state index contributed by atoms with van der Waals surface area (Å²) in [5.41, 5.74) is 7.27. The predicted octanol–water partition coefficient (Wildman–Crippen LogP) is 3.01. The van der Waals surface area contributed by atoms with Crippen LogP contribution in [0.1, 0.15) is 44.1 Å². The van der Waals surface area contributed by atoms with Crippen molar-refractivity contribution >= 4 is 24.0 Å². The van der Waals surface area contributed by atoms with E-state index in [1.165, 1.54) is 25.7 Å². The molecule has 3 rings (SSSR count). The van der Waals surface area contributed by atoms with Gasteiger partial charge in [-0.25, -0.2) is 0 Å². The number of halogens is 1. The molecule has 1 aromatic rings. The Hall–Kier alpha value is -1.14. The zero-order valence-electron chi connectivity index (χ0n) is 14.0. The predicted molar refractivity (Wildman–Crippen MR) is 96.3 cm³/mol. The molecule has 134 valence electrons. The average Bonchev–Trinajstić information content (AvgIpc) is 3.08. The molecule has 1 aliphatic heterocycles. The van der Waals surface area contributed by atoms with Gasteiger partial charge in [0, 0.05) is 18.9 Å². The molecule has 0 bridgehead atoms. The second-order valence-electron chi connectivity index (χ2n) is 6.64. The van der Waals surface area contributed by atoms with Crippen molar-refractivity contribution in [3.8, 4) is 0 Å². The van der Waals surface area contributed by atoms with Crippen molar-refractivity contribution in [1.29, 1.82) is 0 Å². The second kappa shape index (κ2) is 8.81. The lowest BCUT2D eigenvalue weighted by molar-refractivity contribution is -0.124. The van der Waals surface area contributed by atoms with E-state index in [-0.39, 0.29) is 18.3 Å². The first-order valence-electron chi connectivity index (χ1n) is 8.54. The van der Waals surface area contributed by atoms with Crippen molar-refractivity contribution < 1.29 is 14.3 Å². The van der Waals surface area contributed by atoms with Crippen molar-refractivity contribution in [3.05, 3.63) is 29.8 Å². The van der Waals surface area contributed by atoms with Gasteiger partial charge in [0.2, 0.25) is 5.91 Å². The van der Waals surface area contributed by atoms with E-state index in [9.17, 15) is 4.79 Å². The highest BCUT2D eigenvalue weighted by Crippen LogP contribution is 2.23. The van der Waals surface area contributed by atoms with Gasteiger partial charge in [-0.1, -0.05) is 25.0 Å². The Morgan fingerprint density at radius 2 is 1.83 bits per heavy atom. The highest BCUT2D eigenvalue weighted by molar-refractivity contribution is 5.98. The Morgan fingerprint density at radius 1 is 1.21 bits per heavy atom. The highest BCUT2D eigenvalue weighted by Gasteiger charge is 2.35. The topological polar surface area (TPSA) is 73.6 Å². The zero-order chi connectivity index (χ0) is 16.1. The first kappa shape index (κ1) is 19.2. The van der Waals surface area contributed by atoms with Crippen molar-refractivity contribution in [3.63, 3.8) is 0 Å². The largest absolute Gasteiger partial charge is 0.381 e. The zero-order valence-corrected chi connectivity index (χ0v) is 14.8. The van der Waals surface area contributed by atoms with Crippen LogP contribution in [0.15, 0.2) is 24.3 Å². The van der Waals surface area contributed by atoms with Gasteiger partial charge >= 0.3 is 0 Å². The van der Waals surface area contributed by atoms with E-state index in [1.54, 1.807) is 0 Å². The third-order valence-electron chi connectivity index (χ3n) is 4.84.